The third kappa shape index (κ3) is 13.9. The lowest BCUT2D eigenvalue weighted by Crippen LogP contribution is -2.25. The Labute approximate surface area is 99.7 Å². The van der Waals surface area contributed by atoms with Gasteiger partial charge in [0.2, 0.25) is 0 Å². The first-order valence-corrected chi connectivity index (χ1v) is 8.08. The van der Waals surface area contributed by atoms with Gasteiger partial charge in [0.1, 0.15) is 9.84 Å². The van der Waals surface area contributed by atoms with E-state index in [4.69, 9.17) is 4.74 Å². The lowest BCUT2D eigenvalue weighted by atomic mass is 10.2. The summed E-state index contributed by atoms with van der Waals surface area (Å²) in [5.74, 6) is 0.198. The number of sulfone groups is 1. The molecule has 0 aliphatic heterocycles. The second kappa shape index (κ2) is 10.1. The second-order valence-corrected chi connectivity index (χ2v) is 6.31. The van der Waals surface area contributed by atoms with E-state index in [0.29, 0.717) is 13.2 Å². The van der Waals surface area contributed by atoms with E-state index in [1.165, 1.54) is 25.5 Å². The predicted octanol–water partition coefficient (Wildman–Crippen LogP) is 1.22. The summed E-state index contributed by atoms with van der Waals surface area (Å²) in [6.07, 6.45) is 6.12. The molecule has 0 aliphatic carbocycles. The summed E-state index contributed by atoms with van der Waals surface area (Å²) < 4.78 is 27.0. The van der Waals surface area contributed by atoms with Crippen LogP contribution in [-0.2, 0) is 14.6 Å². The zero-order valence-electron chi connectivity index (χ0n) is 10.5. The largest absolute Gasteiger partial charge is 0.380 e. The van der Waals surface area contributed by atoms with Crippen molar-refractivity contribution >= 4 is 9.84 Å². The fraction of sp³-hybridized carbons (Fsp3) is 1.00. The quantitative estimate of drug-likeness (QED) is 0.561. The molecule has 0 radical (unpaired) electrons. The first-order valence-electron chi connectivity index (χ1n) is 6.02. The van der Waals surface area contributed by atoms with E-state index < -0.39 is 9.84 Å². The standard InChI is InChI=1S/C11H25NO3S/c1-3-4-5-6-9-15-10-7-12-8-11-16(2,13)14/h12H,3-11H2,1-2H3. The molecule has 0 amide bonds. The number of nitrogens with one attached hydrogen (secondary N) is 1. The summed E-state index contributed by atoms with van der Waals surface area (Å²) >= 11 is 0. The minimum Gasteiger partial charge on any atom is -0.380 e. The molecule has 0 unspecified atom stereocenters. The molecular formula is C11H25NO3S. The van der Waals surface area contributed by atoms with Gasteiger partial charge in [-0.25, -0.2) is 8.42 Å². The normalized spacial score (nSPS) is 11.9. The summed E-state index contributed by atoms with van der Waals surface area (Å²) in [6.45, 7) is 4.90. The summed E-state index contributed by atoms with van der Waals surface area (Å²) in [5.41, 5.74) is 0. The molecule has 0 aliphatic rings. The highest BCUT2D eigenvalue weighted by Gasteiger charge is 1.99. The van der Waals surface area contributed by atoms with Gasteiger partial charge in [-0.1, -0.05) is 26.2 Å². The molecule has 0 saturated heterocycles. The van der Waals surface area contributed by atoms with Crippen molar-refractivity contribution < 1.29 is 13.2 Å². The van der Waals surface area contributed by atoms with Gasteiger partial charge in [-0.3, -0.25) is 0 Å². The third-order valence-corrected chi connectivity index (χ3v) is 3.16. The van der Waals surface area contributed by atoms with Gasteiger partial charge in [0.05, 0.1) is 12.4 Å². The van der Waals surface area contributed by atoms with Gasteiger partial charge in [-0.2, -0.15) is 0 Å². The Hall–Kier alpha value is -0.130. The van der Waals surface area contributed by atoms with E-state index in [1.54, 1.807) is 0 Å². The molecule has 0 spiro atoms. The van der Waals surface area contributed by atoms with Gasteiger partial charge < -0.3 is 10.1 Å². The molecule has 0 aromatic heterocycles. The van der Waals surface area contributed by atoms with E-state index in [1.807, 2.05) is 0 Å². The van der Waals surface area contributed by atoms with Crippen molar-refractivity contribution in [3.8, 4) is 0 Å². The van der Waals surface area contributed by atoms with E-state index in [2.05, 4.69) is 12.2 Å². The summed E-state index contributed by atoms with van der Waals surface area (Å²) in [6, 6.07) is 0. The van der Waals surface area contributed by atoms with Crippen LogP contribution >= 0.6 is 0 Å². The zero-order valence-corrected chi connectivity index (χ0v) is 11.3. The highest BCUT2D eigenvalue weighted by atomic mass is 32.2. The number of hydrogen-bond donors (Lipinski definition) is 1. The van der Waals surface area contributed by atoms with Crippen LogP contribution in [0.25, 0.3) is 0 Å². The molecule has 0 fully saturated rings. The van der Waals surface area contributed by atoms with Gasteiger partial charge in [-0.05, 0) is 6.42 Å². The summed E-state index contributed by atoms with van der Waals surface area (Å²) in [5, 5.41) is 3.04. The molecule has 0 saturated carbocycles. The maximum Gasteiger partial charge on any atom is 0.148 e. The molecule has 4 nitrogen and oxygen atoms in total. The Morgan fingerprint density at radius 2 is 1.81 bits per heavy atom. The van der Waals surface area contributed by atoms with E-state index in [0.717, 1.165) is 19.6 Å². The van der Waals surface area contributed by atoms with Gasteiger partial charge >= 0.3 is 0 Å². The predicted molar refractivity (Wildman–Crippen MR) is 67.5 cm³/mol. The maximum atomic E-state index is 10.8. The average molecular weight is 251 g/mol. The molecule has 0 aromatic rings. The lowest BCUT2D eigenvalue weighted by Gasteiger charge is -2.05. The monoisotopic (exact) mass is 251 g/mol. The smallest absolute Gasteiger partial charge is 0.148 e. The van der Waals surface area contributed by atoms with Crippen molar-refractivity contribution in [1.82, 2.24) is 5.32 Å². The minimum absolute atomic E-state index is 0.198. The van der Waals surface area contributed by atoms with Gasteiger partial charge in [0, 0.05) is 26.0 Å². The van der Waals surface area contributed by atoms with Crippen LogP contribution in [0.3, 0.4) is 0 Å². The zero-order chi connectivity index (χ0) is 12.3. The summed E-state index contributed by atoms with van der Waals surface area (Å²) in [7, 11) is -2.84. The van der Waals surface area contributed by atoms with Crippen LogP contribution in [0.4, 0.5) is 0 Å². The summed E-state index contributed by atoms with van der Waals surface area (Å²) in [4.78, 5) is 0. The second-order valence-electron chi connectivity index (χ2n) is 4.05. The SMILES string of the molecule is CCCCCCOCCNCCS(C)(=O)=O. The fourth-order valence-corrected chi connectivity index (χ4v) is 1.77. The Morgan fingerprint density at radius 1 is 1.06 bits per heavy atom. The Morgan fingerprint density at radius 3 is 2.44 bits per heavy atom. The van der Waals surface area contributed by atoms with Gasteiger partial charge in [-0.15, -0.1) is 0 Å². The number of hydrogen-bond acceptors (Lipinski definition) is 4. The average Bonchev–Trinajstić information content (AvgIpc) is 2.19. The first-order chi connectivity index (χ1) is 7.56. The van der Waals surface area contributed by atoms with Crippen LogP contribution in [0.15, 0.2) is 0 Å². The minimum atomic E-state index is -2.84. The molecule has 5 heteroatoms. The van der Waals surface area contributed by atoms with E-state index >= 15 is 0 Å². The van der Waals surface area contributed by atoms with Crippen molar-refractivity contribution in [1.29, 1.82) is 0 Å². The molecule has 1 N–H and O–H groups in total. The lowest BCUT2D eigenvalue weighted by molar-refractivity contribution is 0.132. The number of rotatable bonds is 11. The van der Waals surface area contributed by atoms with Crippen LogP contribution in [0.2, 0.25) is 0 Å². The van der Waals surface area contributed by atoms with Crippen LogP contribution < -0.4 is 5.32 Å². The highest BCUT2D eigenvalue weighted by molar-refractivity contribution is 7.90. The van der Waals surface area contributed by atoms with Gasteiger partial charge in [0.15, 0.2) is 0 Å². The Kier molecular flexibility index (Phi) is 9.97. The number of unbranched alkanes of at least 4 members (excludes halogenated alkanes) is 3. The van der Waals surface area contributed by atoms with Crippen LogP contribution in [0.5, 0.6) is 0 Å². The van der Waals surface area contributed by atoms with E-state index in [-0.39, 0.29) is 5.75 Å². The fourth-order valence-electron chi connectivity index (χ4n) is 1.26. The van der Waals surface area contributed by atoms with Crippen LogP contribution in [0, 0.1) is 0 Å². The molecule has 16 heavy (non-hydrogen) atoms. The molecule has 0 aromatic carbocycles. The molecule has 98 valence electrons. The molecule has 0 atom stereocenters. The number of ether oxygens (including phenoxy) is 1. The van der Waals surface area contributed by atoms with Crippen LogP contribution in [0.1, 0.15) is 32.6 Å². The molecular weight excluding hydrogens is 226 g/mol. The third-order valence-electron chi connectivity index (χ3n) is 2.22. The highest BCUT2D eigenvalue weighted by Crippen LogP contribution is 1.98. The van der Waals surface area contributed by atoms with Crippen molar-refractivity contribution in [2.75, 3.05) is 38.3 Å². The maximum absolute atomic E-state index is 10.8. The van der Waals surface area contributed by atoms with Crippen molar-refractivity contribution in [3.05, 3.63) is 0 Å². The van der Waals surface area contributed by atoms with Crippen molar-refractivity contribution in [3.63, 3.8) is 0 Å². The van der Waals surface area contributed by atoms with E-state index in [9.17, 15) is 8.42 Å². The van der Waals surface area contributed by atoms with Crippen LogP contribution in [-0.4, -0.2) is 46.7 Å². The first kappa shape index (κ1) is 15.9. The van der Waals surface area contributed by atoms with Crippen molar-refractivity contribution in [2.45, 2.75) is 32.6 Å². The van der Waals surface area contributed by atoms with Crippen molar-refractivity contribution in [2.24, 2.45) is 0 Å². The Balaban J connectivity index is 3.05. The molecule has 0 heterocycles. The topological polar surface area (TPSA) is 55.4 Å². The van der Waals surface area contributed by atoms with Gasteiger partial charge in [0.25, 0.3) is 0 Å². The Bertz CT molecular complexity index is 240. The molecule has 0 bridgehead atoms. The molecule has 0 rings (SSSR count).